The molecule has 100 valence electrons. The van der Waals surface area contributed by atoms with Crippen molar-refractivity contribution in [1.82, 2.24) is 14.7 Å². The normalized spacial score (nSPS) is 10.7. The first kappa shape index (κ1) is 12.7. The van der Waals surface area contributed by atoms with Gasteiger partial charge < -0.3 is 9.72 Å². The summed E-state index contributed by atoms with van der Waals surface area (Å²) in [5, 5.41) is 3.38. The number of amides is 1. The molecule has 0 spiro atoms. The average Bonchev–Trinajstić information content (AvgIpc) is 2.87. The summed E-state index contributed by atoms with van der Waals surface area (Å²) >= 11 is 5.86. The van der Waals surface area contributed by atoms with Crippen LogP contribution < -0.4 is 5.32 Å². The lowest BCUT2D eigenvalue weighted by molar-refractivity contribution is 0.0950. The molecule has 0 saturated carbocycles. The number of aromatic nitrogens is 2. The molecule has 0 bridgehead atoms. The van der Waals surface area contributed by atoms with Gasteiger partial charge in [-0.25, -0.2) is 4.98 Å². The minimum Gasteiger partial charge on any atom is -0.346 e. The highest BCUT2D eigenvalue weighted by atomic mass is 35.5. The van der Waals surface area contributed by atoms with E-state index in [0.717, 1.165) is 11.3 Å². The quantitative estimate of drug-likeness (QED) is 0.804. The fourth-order valence-electron chi connectivity index (χ4n) is 1.97. The molecular formula is C15H12ClN3O. The molecule has 0 aliphatic heterocycles. The number of hydrogen-bond acceptors (Lipinski definition) is 2. The number of pyridine rings is 1. The molecule has 1 N–H and O–H groups in total. The SMILES string of the molecule is O=C(NCc1cn2ccccc2n1)c1cccc(Cl)c1. The van der Waals surface area contributed by atoms with Crippen molar-refractivity contribution < 1.29 is 4.79 Å². The van der Waals surface area contributed by atoms with Crippen LogP contribution in [0.5, 0.6) is 0 Å². The number of nitrogens with one attached hydrogen (secondary N) is 1. The molecule has 5 heteroatoms. The van der Waals surface area contributed by atoms with Crippen molar-refractivity contribution in [2.24, 2.45) is 0 Å². The lowest BCUT2D eigenvalue weighted by Crippen LogP contribution is -2.22. The summed E-state index contributed by atoms with van der Waals surface area (Å²) in [6.07, 6.45) is 3.82. The summed E-state index contributed by atoms with van der Waals surface area (Å²) in [6, 6.07) is 12.6. The molecule has 0 fully saturated rings. The lowest BCUT2D eigenvalue weighted by atomic mass is 10.2. The molecule has 0 aliphatic rings. The second-order valence-electron chi connectivity index (χ2n) is 4.39. The molecule has 0 aliphatic carbocycles. The molecule has 0 saturated heterocycles. The summed E-state index contributed by atoms with van der Waals surface area (Å²) in [5.41, 5.74) is 2.22. The number of nitrogens with zero attached hydrogens (tertiary/aromatic N) is 2. The maximum Gasteiger partial charge on any atom is 0.251 e. The molecule has 2 heterocycles. The third kappa shape index (κ3) is 2.65. The van der Waals surface area contributed by atoms with Gasteiger partial charge in [0.25, 0.3) is 5.91 Å². The lowest BCUT2D eigenvalue weighted by Gasteiger charge is -2.03. The van der Waals surface area contributed by atoms with E-state index in [2.05, 4.69) is 10.3 Å². The Balaban J connectivity index is 1.71. The molecule has 1 amide bonds. The average molecular weight is 286 g/mol. The Morgan fingerprint density at radius 2 is 2.15 bits per heavy atom. The molecule has 0 atom stereocenters. The van der Waals surface area contributed by atoms with Gasteiger partial charge in [0, 0.05) is 23.0 Å². The van der Waals surface area contributed by atoms with E-state index < -0.39 is 0 Å². The third-order valence-corrected chi connectivity index (χ3v) is 3.17. The van der Waals surface area contributed by atoms with Crippen molar-refractivity contribution in [3.8, 4) is 0 Å². The zero-order valence-corrected chi connectivity index (χ0v) is 11.3. The first-order valence-electron chi connectivity index (χ1n) is 6.19. The van der Waals surface area contributed by atoms with Gasteiger partial charge >= 0.3 is 0 Å². The second kappa shape index (κ2) is 5.35. The van der Waals surface area contributed by atoms with E-state index in [4.69, 9.17) is 11.6 Å². The highest BCUT2D eigenvalue weighted by Gasteiger charge is 2.07. The Morgan fingerprint density at radius 1 is 1.25 bits per heavy atom. The van der Waals surface area contributed by atoms with Gasteiger partial charge in [0.05, 0.1) is 12.2 Å². The van der Waals surface area contributed by atoms with Gasteiger partial charge in [-0.2, -0.15) is 0 Å². The molecule has 0 radical (unpaired) electrons. The predicted molar refractivity (Wildman–Crippen MR) is 77.8 cm³/mol. The molecule has 1 aromatic carbocycles. The third-order valence-electron chi connectivity index (χ3n) is 2.93. The fourth-order valence-corrected chi connectivity index (χ4v) is 2.17. The van der Waals surface area contributed by atoms with Crippen LogP contribution in [0.15, 0.2) is 54.9 Å². The largest absolute Gasteiger partial charge is 0.346 e. The first-order chi connectivity index (χ1) is 9.72. The van der Waals surface area contributed by atoms with E-state index in [9.17, 15) is 4.79 Å². The Hall–Kier alpha value is -2.33. The van der Waals surface area contributed by atoms with Gasteiger partial charge in [-0.15, -0.1) is 0 Å². The molecular weight excluding hydrogens is 274 g/mol. The Morgan fingerprint density at radius 3 is 2.95 bits per heavy atom. The van der Waals surface area contributed by atoms with Crippen LogP contribution in [-0.2, 0) is 6.54 Å². The van der Waals surface area contributed by atoms with Gasteiger partial charge in [-0.1, -0.05) is 23.7 Å². The van der Waals surface area contributed by atoms with Crippen molar-refractivity contribution in [2.45, 2.75) is 6.54 Å². The number of benzene rings is 1. The molecule has 2 aromatic heterocycles. The summed E-state index contributed by atoms with van der Waals surface area (Å²) in [6.45, 7) is 0.382. The molecule has 20 heavy (non-hydrogen) atoms. The summed E-state index contributed by atoms with van der Waals surface area (Å²) in [5.74, 6) is -0.162. The Labute approximate surface area is 121 Å². The fraction of sp³-hybridized carbons (Fsp3) is 0.0667. The smallest absolute Gasteiger partial charge is 0.251 e. The monoisotopic (exact) mass is 285 g/mol. The number of hydrogen-bond donors (Lipinski definition) is 1. The van der Waals surface area contributed by atoms with Crippen LogP contribution in [0.4, 0.5) is 0 Å². The van der Waals surface area contributed by atoms with E-state index in [1.807, 2.05) is 35.0 Å². The van der Waals surface area contributed by atoms with Gasteiger partial charge in [0.1, 0.15) is 5.65 Å². The standard InChI is InChI=1S/C15H12ClN3O/c16-12-5-3-4-11(8-12)15(20)17-9-13-10-19-7-2-1-6-14(19)18-13/h1-8,10H,9H2,(H,17,20). The van der Waals surface area contributed by atoms with Crippen LogP contribution >= 0.6 is 11.6 Å². The van der Waals surface area contributed by atoms with Gasteiger partial charge in [0.15, 0.2) is 0 Å². The van der Waals surface area contributed by atoms with Crippen LogP contribution in [-0.4, -0.2) is 15.3 Å². The highest BCUT2D eigenvalue weighted by Crippen LogP contribution is 2.11. The molecule has 0 unspecified atom stereocenters. The van der Waals surface area contributed by atoms with Crippen LogP contribution in [0.1, 0.15) is 16.1 Å². The Bertz CT molecular complexity index is 733. The van der Waals surface area contributed by atoms with Crippen molar-refractivity contribution in [3.05, 3.63) is 71.1 Å². The van der Waals surface area contributed by atoms with Crippen LogP contribution in [0.25, 0.3) is 5.65 Å². The molecule has 3 rings (SSSR count). The van der Waals surface area contributed by atoms with Gasteiger partial charge in [0.2, 0.25) is 0 Å². The minimum atomic E-state index is -0.162. The van der Waals surface area contributed by atoms with E-state index in [-0.39, 0.29) is 5.91 Å². The van der Waals surface area contributed by atoms with Crippen molar-refractivity contribution in [1.29, 1.82) is 0 Å². The van der Waals surface area contributed by atoms with Crippen LogP contribution in [0.3, 0.4) is 0 Å². The van der Waals surface area contributed by atoms with Crippen molar-refractivity contribution in [3.63, 3.8) is 0 Å². The maximum absolute atomic E-state index is 12.0. The summed E-state index contributed by atoms with van der Waals surface area (Å²) in [4.78, 5) is 16.4. The van der Waals surface area contributed by atoms with Crippen molar-refractivity contribution in [2.75, 3.05) is 0 Å². The van der Waals surface area contributed by atoms with Crippen molar-refractivity contribution >= 4 is 23.2 Å². The number of imidazole rings is 1. The van der Waals surface area contributed by atoms with Gasteiger partial charge in [-0.3, -0.25) is 4.79 Å². The Kier molecular flexibility index (Phi) is 3.39. The van der Waals surface area contributed by atoms with Crippen LogP contribution in [0, 0.1) is 0 Å². The topological polar surface area (TPSA) is 46.4 Å². The van der Waals surface area contributed by atoms with Gasteiger partial charge in [-0.05, 0) is 30.3 Å². The number of fused-ring (bicyclic) bond motifs is 1. The van der Waals surface area contributed by atoms with E-state index >= 15 is 0 Å². The number of rotatable bonds is 3. The number of carbonyl (C=O) groups is 1. The number of halogens is 1. The maximum atomic E-state index is 12.0. The summed E-state index contributed by atoms with van der Waals surface area (Å²) < 4.78 is 1.92. The second-order valence-corrected chi connectivity index (χ2v) is 4.83. The first-order valence-corrected chi connectivity index (χ1v) is 6.56. The molecule has 3 aromatic rings. The van der Waals surface area contributed by atoms with Crippen LogP contribution in [0.2, 0.25) is 5.02 Å². The predicted octanol–water partition coefficient (Wildman–Crippen LogP) is 2.92. The molecule has 4 nitrogen and oxygen atoms in total. The summed E-state index contributed by atoms with van der Waals surface area (Å²) in [7, 11) is 0. The number of carbonyl (C=O) groups excluding carboxylic acids is 1. The zero-order chi connectivity index (χ0) is 13.9. The van der Waals surface area contributed by atoms with E-state index in [1.165, 1.54) is 0 Å². The van der Waals surface area contributed by atoms with E-state index in [1.54, 1.807) is 24.3 Å². The van der Waals surface area contributed by atoms with E-state index in [0.29, 0.717) is 17.1 Å². The minimum absolute atomic E-state index is 0.162. The zero-order valence-electron chi connectivity index (χ0n) is 10.6. The highest BCUT2D eigenvalue weighted by molar-refractivity contribution is 6.30.